The third kappa shape index (κ3) is 5.88. The Labute approximate surface area is 246 Å². The number of anilines is 2. The second kappa shape index (κ2) is 12.3. The largest absolute Gasteiger partial charge is 0.496 e. The molecule has 1 aliphatic rings. The van der Waals surface area contributed by atoms with Crippen LogP contribution in [0.15, 0.2) is 78.9 Å². The Balaban J connectivity index is 1.48. The number of para-hydroxylation sites is 2. The molecular weight excluding hydrogens is 530 g/mol. The summed E-state index contributed by atoms with van der Waals surface area (Å²) in [5.74, 6) is 1.96. The predicted molar refractivity (Wildman–Crippen MR) is 163 cm³/mol. The summed E-state index contributed by atoms with van der Waals surface area (Å²) >= 11 is 0. The lowest BCUT2D eigenvalue weighted by molar-refractivity contribution is -0.114. The van der Waals surface area contributed by atoms with Crippen LogP contribution in [0.5, 0.6) is 17.2 Å². The Bertz CT molecular complexity index is 1610. The molecule has 1 heterocycles. The highest BCUT2D eigenvalue weighted by Gasteiger charge is 2.33. The number of methoxy groups -OCH3 is 2. The predicted octanol–water partition coefficient (Wildman–Crippen LogP) is 6.62. The van der Waals surface area contributed by atoms with Gasteiger partial charge in [-0.15, -0.1) is 0 Å². The highest BCUT2D eigenvalue weighted by molar-refractivity contribution is 6.01. The van der Waals surface area contributed by atoms with E-state index in [4.69, 9.17) is 14.2 Å². The fraction of sp³-hybridized carbons (Fsp3) is 0.235. The summed E-state index contributed by atoms with van der Waals surface area (Å²) in [5, 5.41) is 6.41. The van der Waals surface area contributed by atoms with Crippen molar-refractivity contribution in [3.8, 4) is 17.2 Å². The highest BCUT2D eigenvalue weighted by Crippen LogP contribution is 2.37. The van der Waals surface area contributed by atoms with Crippen LogP contribution in [0.1, 0.15) is 51.3 Å². The molecule has 1 aliphatic heterocycles. The first-order chi connectivity index (χ1) is 20.3. The van der Waals surface area contributed by atoms with Crippen molar-refractivity contribution in [2.75, 3.05) is 24.9 Å². The van der Waals surface area contributed by atoms with Gasteiger partial charge >= 0.3 is 0 Å². The maximum absolute atomic E-state index is 13.9. The summed E-state index contributed by atoms with van der Waals surface area (Å²) in [7, 11) is 3.26. The summed E-state index contributed by atoms with van der Waals surface area (Å²) in [6.45, 7) is 5.99. The number of ether oxygens (including phenoxy) is 3. The molecule has 0 aliphatic carbocycles. The number of fused-ring (bicyclic) bond motifs is 1. The zero-order valence-electron chi connectivity index (χ0n) is 24.5. The van der Waals surface area contributed by atoms with Crippen molar-refractivity contribution >= 4 is 23.2 Å². The van der Waals surface area contributed by atoms with E-state index in [0.717, 1.165) is 50.7 Å². The molecule has 0 radical (unpaired) electrons. The van der Waals surface area contributed by atoms with Crippen LogP contribution >= 0.6 is 0 Å². The molecule has 2 N–H and O–H groups in total. The lowest BCUT2D eigenvalue weighted by Crippen LogP contribution is -2.42. The number of hydrogen-bond donors (Lipinski definition) is 2. The Morgan fingerprint density at radius 2 is 1.55 bits per heavy atom. The van der Waals surface area contributed by atoms with Gasteiger partial charge in [0.25, 0.3) is 5.91 Å². The van der Waals surface area contributed by atoms with Crippen LogP contribution in [-0.2, 0) is 17.9 Å². The minimum atomic E-state index is -0.442. The first-order valence-corrected chi connectivity index (χ1v) is 13.8. The van der Waals surface area contributed by atoms with E-state index in [1.54, 1.807) is 14.2 Å². The summed E-state index contributed by atoms with van der Waals surface area (Å²) in [5.41, 5.74) is 6.59. The zero-order valence-corrected chi connectivity index (χ0v) is 24.5. The molecule has 1 atom stereocenters. The molecule has 216 valence electrons. The van der Waals surface area contributed by atoms with E-state index >= 15 is 0 Å². The lowest BCUT2D eigenvalue weighted by atomic mass is 10.0. The standard InChI is InChI=1S/C34H35N3O5/c1-21-16-27(35-23(3)38)17-22(2)32(21)42-20-26-18-24(14-15-31(26)41-5)33-36-29-12-8-7-11-28(29)34(39)37(33)19-25-10-6-9-13-30(25)40-4/h6-18,33,36H,19-20H2,1-5H3,(H,35,38). The van der Waals surface area contributed by atoms with Crippen LogP contribution in [0.2, 0.25) is 0 Å². The lowest BCUT2D eigenvalue weighted by Gasteiger charge is -2.38. The van der Waals surface area contributed by atoms with E-state index in [0.29, 0.717) is 17.9 Å². The molecule has 4 aromatic rings. The number of carbonyl (C=O) groups is 2. The molecule has 2 amide bonds. The van der Waals surface area contributed by atoms with E-state index in [9.17, 15) is 9.59 Å². The average molecular weight is 566 g/mol. The van der Waals surface area contributed by atoms with Crippen molar-refractivity contribution < 1.29 is 23.8 Å². The van der Waals surface area contributed by atoms with Gasteiger partial charge in [0.05, 0.1) is 26.3 Å². The Kier molecular flexibility index (Phi) is 8.33. The fourth-order valence-electron chi connectivity index (χ4n) is 5.42. The molecule has 0 saturated heterocycles. The Hall–Kier alpha value is -4.98. The molecule has 8 nitrogen and oxygen atoms in total. The first-order valence-electron chi connectivity index (χ1n) is 13.8. The summed E-state index contributed by atoms with van der Waals surface area (Å²) in [6.07, 6.45) is -0.442. The fourth-order valence-corrected chi connectivity index (χ4v) is 5.42. The second-order valence-corrected chi connectivity index (χ2v) is 10.3. The van der Waals surface area contributed by atoms with Crippen LogP contribution in [0, 0.1) is 13.8 Å². The summed E-state index contributed by atoms with van der Waals surface area (Å²) in [6, 6.07) is 24.9. The molecular formula is C34H35N3O5. The van der Waals surface area contributed by atoms with Crippen molar-refractivity contribution in [3.05, 3.63) is 112 Å². The highest BCUT2D eigenvalue weighted by atomic mass is 16.5. The number of hydrogen-bond acceptors (Lipinski definition) is 6. The first kappa shape index (κ1) is 28.5. The number of nitrogens with one attached hydrogen (secondary N) is 2. The van der Waals surface area contributed by atoms with E-state index in [2.05, 4.69) is 10.6 Å². The second-order valence-electron chi connectivity index (χ2n) is 10.3. The van der Waals surface area contributed by atoms with Crippen molar-refractivity contribution in [1.82, 2.24) is 4.90 Å². The smallest absolute Gasteiger partial charge is 0.258 e. The van der Waals surface area contributed by atoms with E-state index < -0.39 is 6.17 Å². The molecule has 5 rings (SSSR count). The van der Waals surface area contributed by atoms with Crippen molar-refractivity contribution in [2.45, 2.75) is 40.1 Å². The molecule has 0 spiro atoms. The minimum absolute atomic E-state index is 0.0700. The van der Waals surface area contributed by atoms with E-state index in [-0.39, 0.29) is 18.4 Å². The molecule has 0 saturated carbocycles. The molecule has 4 aromatic carbocycles. The third-order valence-corrected chi connectivity index (χ3v) is 7.33. The maximum Gasteiger partial charge on any atom is 0.258 e. The van der Waals surface area contributed by atoms with Gasteiger partial charge in [-0.1, -0.05) is 36.4 Å². The number of nitrogens with zero attached hydrogens (tertiary/aromatic N) is 1. The summed E-state index contributed by atoms with van der Waals surface area (Å²) < 4.78 is 17.6. The monoisotopic (exact) mass is 565 g/mol. The van der Waals surface area contributed by atoms with Crippen LogP contribution in [-0.4, -0.2) is 30.9 Å². The summed E-state index contributed by atoms with van der Waals surface area (Å²) in [4.78, 5) is 27.2. The van der Waals surface area contributed by atoms with Crippen LogP contribution < -0.4 is 24.8 Å². The number of benzene rings is 4. The molecule has 0 bridgehead atoms. The van der Waals surface area contributed by atoms with Gasteiger partial charge in [-0.2, -0.15) is 0 Å². The molecule has 0 aromatic heterocycles. The van der Waals surface area contributed by atoms with Crippen LogP contribution in [0.4, 0.5) is 11.4 Å². The van der Waals surface area contributed by atoms with Gasteiger partial charge in [0.15, 0.2) is 0 Å². The van der Waals surface area contributed by atoms with Crippen molar-refractivity contribution in [3.63, 3.8) is 0 Å². The normalized spacial score (nSPS) is 14.1. The van der Waals surface area contributed by atoms with Crippen molar-refractivity contribution in [1.29, 1.82) is 0 Å². The number of amides is 2. The van der Waals surface area contributed by atoms with Crippen LogP contribution in [0.25, 0.3) is 0 Å². The SMILES string of the molecule is COc1ccc(C2Nc3ccccc3C(=O)N2Cc2ccccc2OC)cc1COc1c(C)cc(NC(C)=O)cc1C. The Morgan fingerprint density at radius 3 is 2.26 bits per heavy atom. The van der Waals surface area contributed by atoms with Gasteiger partial charge in [0, 0.05) is 29.4 Å². The minimum Gasteiger partial charge on any atom is -0.496 e. The van der Waals surface area contributed by atoms with Gasteiger partial charge in [0.2, 0.25) is 5.91 Å². The van der Waals surface area contributed by atoms with Gasteiger partial charge in [0.1, 0.15) is 30.0 Å². The maximum atomic E-state index is 13.9. The third-order valence-electron chi connectivity index (χ3n) is 7.33. The van der Waals surface area contributed by atoms with E-state index in [1.807, 2.05) is 97.6 Å². The van der Waals surface area contributed by atoms with Gasteiger partial charge in [-0.3, -0.25) is 9.59 Å². The quantitative estimate of drug-likeness (QED) is 0.237. The molecule has 8 heteroatoms. The van der Waals surface area contributed by atoms with E-state index in [1.165, 1.54) is 6.92 Å². The number of carbonyl (C=O) groups excluding carboxylic acids is 2. The Morgan fingerprint density at radius 1 is 0.881 bits per heavy atom. The number of rotatable bonds is 9. The topological polar surface area (TPSA) is 89.1 Å². The zero-order chi connectivity index (χ0) is 29.8. The van der Waals surface area contributed by atoms with Crippen molar-refractivity contribution in [2.24, 2.45) is 0 Å². The van der Waals surface area contributed by atoms with Gasteiger partial charge < -0.3 is 29.7 Å². The van der Waals surface area contributed by atoms with Gasteiger partial charge in [-0.25, -0.2) is 0 Å². The average Bonchev–Trinajstić information content (AvgIpc) is 2.98. The number of aryl methyl sites for hydroxylation is 2. The van der Waals surface area contributed by atoms with Gasteiger partial charge in [-0.05, 0) is 73.0 Å². The molecule has 1 unspecified atom stereocenters. The molecule has 42 heavy (non-hydrogen) atoms. The molecule has 0 fully saturated rings. The van der Waals surface area contributed by atoms with Crippen LogP contribution in [0.3, 0.4) is 0 Å².